The minimum Gasteiger partial charge on any atom is -0.392 e. The first-order valence-corrected chi connectivity index (χ1v) is 6.15. The van der Waals surface area contributed by atoms with Crippen molar-refractivity contribution < 1.29 is 9.63 Å². The molecular weight excluding hydrogens is 230 g/mol. The molecule has 0 spiro atoms. The Hall–Kier alpha value is -1.75. The number of pyridine rings is 1. The van der Waals surface area contributed by atoms with Crippen LogP contribution in [0, 0.1) is 12.8 Å². The lowest BCUT2D eigenvalue weighted by molar-refractivity contribution is 0.140. The van der Waals surface area contributed by atoms with E-state index in [4.69, 9.17) is 4.52 Å². The maximum Gasteiger partial charge on any atom is 0.229 e. The molecule has 0 radical (unpaired) electrons. The average molecular weight is 245 g/mol. The first kappa shape index (κ1) is 11.3. The van der Waals surface area contributed by atoms with E-state index in [9.17, 15) is 5.11 Å². The number of aliphatic hydroxyl groups is 1. The Morgan fingerprint density at radius 2 is 2.33 bits per heavy atom. The van der Waals surface area contributed by atoms with Crippen molar-refractivity contribution in [3.05, 3.63) is 29.9 Å². The molecule has 94 valence electrons. The second kappa shape index (κ2) is 4.49. The lowest BCUT2D eigenvalue weighted by Gasteiger charge is -2.03. The highest BCUT2D eigenvalue weighted by Gasteiger charge is 2.31. The number of aryl methyl sites for hydroxylation is 1. The number of nitrogens with zero attached hydrogens (tertiary/aromatic N) is 3. The predicted octanol–water partition coefficient (Wildman–Crippen LogP) is 1.75. The fourth-order valence-electron chi connectivity index (χ4n) is 1.97. The van der Waals surface area contributed by atoms with Crippen molar-refractivity contribution in [3.63, 3.8) is 0 Å². The highest BCUT2D eigenvalue weighted by Crippen LogP contribution is 2.33. The topological polar surface area (TPSA) is 72.0 Å². The molecule has 2 aromatic rings. The standard InChI is InChI=1S/C13H15N3O2/c1-8-4-5-14-7-10(8)13-15-12(18-16-13)6-11(17)9-2-3-9/h4-5,7,9,11,17H,2-3,6H2,1H3. The van der Waals surface area contributed by atoms with Gasteiger partial charge >= 0.3 is 0 Å². The molecule has 0 bridgehead atoms. The minimum atomic E-state index is -0.353. The summed E-state index contributed by atoms with van der Waals surface area (Å²) in [4.78, 5) is 8.37. The van der Waals surface area contributed by atoms with Crippen molar-refractivity contribution in [1.82, 2.24) is 15.1 Å². The van der Waals surface area contributed by atoms with Gasteiger partial charge in [-0.2, -0.15) is 4.98 Å². The van der Waals surface area contributed by atoms with Gasteiger partial charge in [-0.3, -0.25) is 4.98 Å². The molecule has 1 aliphatic rings. The summed E-state index contributed by atoms with van der Waals surface area (Å²) in [5.74, 6) is 1.45. The van der Waals surface area contributed by atoms with Gasteiger partial charge in [0.2, 0.25) is 11.7 Å². The summed E-state index contributed by atoms with van der Waals surface area (Å²) in [6, 6.07) is 1.91. The largest absolute Gasteiger partial charge is 0.392 e. The first-order valence-electron chi connectivity index (χ1n) is 6.15. The molecule has 0 aromatic carbocycles. The number of aromatic nitrogens is 3. The Bertz CT molecular complexity index is 549. The van der Waals surface area contributed by atoms with Gasteiger partial charge in [-0.25, -0.2) is 0 Å². The maximum atomic E-state index is 9.84. The third kappa shape index (κ3) is 2.26. The van der Waals surface area contributed by atoms with Gasteiger partial charge in [-0.05, 0) is 37.3 Å². The van der Waals surface area contributed by atoms with Gasteiger partial charge in [0.05, 0.1) is 12.5 Å². The van der Waals surface area contributed by atoms with Crippen LogP contribution in [0.3, 0.4) is 0 Å². The predicted molar refractivity (Wildman–Crippen MR) is 64.7 cm³/mol. The van der Waals surface area contributed by atoms with Crippen LogP contribution < -0.4 is 0 Å². The summed E-state index contributed by atoms with van der Waals surface area (Å²) >= 11 is 0. The van der Waals surface area contributed by atoms with Gasteiger partial charge in [-0.15, -0.1) is 0 Å². The van der Waals surface area contributed by atoms with E-state index in [1.807, 2.05) is 13.0 Å². The van der Waals surface area contributed by atoms with Gasteiger partial charge in [0.15, 0.2) is 0 Å². The second-order valence-electron chi connectivity index (χ2n) is 4.81. The van der Waals surface area contributed by atoms with E-state index in [1.165, 1.54) is 0 Å². The van der Waals surface area contributed by atoms with E-state index in [0.29, 0.717) is 24.1 Å². The van der Waals surface area contributed by atoms with E-state index in [0.717, 1.165) is 24.0 Å². The molecule has 1 fully saturated rings. The maximum absolute atomic E-state index is 9.84. The van der Waals surface area contributed by atoms with Crippen molar-refractivity contribution in [2.45, 2.75) is 32.3 Å². The van der Waals surface area contributed by atoms with Crippen LogP contribution in [0.2, 0.25) is 0 Å². The minimum absolute atomic E-state index is 0.353. The average Bonchev–Trinajstić information content (AvgIpc) is 3.12. The van der Waals surface area contributed by atoms with Crippen LogP contribution in [-0.4, -0.2) is 26.3 Å². The molecule has 1 saturated carbocycles. The Morgan fingerprint density at radius 3 is 3.06 bits per heavy atom. The fourth-order valence-corrected chi connectivity index (χ4v) is 1.97. The highest BCUT2D eigenvalue weighted by molar-refractivity contribution is 5.57. The molecule has 1 N–H and O–H groups in total. The number of hydrogen-bond acceptors (Lipinski definition) is 5. The summed E-state index contributed by atoms with van der Waals surface area (Å²) in [5.41, 5.74) is 1.92. The Balaban J connectivity index is 1.78. The van der Waals surface area contributed by atoms with Crippen LogP contribution in [0.15, 0.2) is 23.0 Å². The van der Waals surface area contributed by atoms with E-state index in [2.05, 4.69) is 15.1 Å². The van der Waals surface area contributed by atoms with Crippen molar-refractivity contribution >= 4 is 0 Å². The third-order valence-electron chi connectivity index (χ3n) is 3.30. The zero-order chi connectivity index (χ0) is 12.5. The van der Waals surface area contributed by atoms with Crippen molar-refractivity contribution in [1.29, 1.82) is 0 Å². The lowest BCUT2D eigenvalue weighted by atomic mass is 10.1. The first-order chi connectivity index (χ1) is 8.74. The molecule has 2 aromatic heterocycles. The van der Waals surface area contributed by atoms with E-state index >= 15 is 0 Å². The zero-order valence-corrected chi connectivity index (χ0v) is 10.2. The third-order valence-corrected chi connectivity index (χ3v) is 3.30. The normalized spacial score (nSPS) is 16.8. The second-order valence-corrected chi connectivity index (χ2v) is 4.81. The highest BCUT2D eigenvalue weighted by atomic mass is 16.5. The molecule has 18 heavy (non-hydrogen) atoms. The molecule has 1 atom stereocenters. The number of aliphatic hydroxyl groups excluding tert-OH is 1. The van der Waals surface area contributed by atoms with Gasteiger partial charge in [0.1, 0.15) is 0 Å². The molecule has 0 aliphatic heterocycles. The van der Waals surface area contributed by atoms with E-state index in [1.54, 1.807) is 12.4 Å². The van der Waals surface area contributed by atoms with Gasteiger partial charge in [0.25, 0.3) is 0 Å². The van der Waals surface area contributed by atoms with Gasteiger partial charge in [0, 0.05) is 18.0 Å². The molecule has 1 aliphatic carbocycles. The van der Waals surface area contributed by atoms with Crippen LogP contribution in [0.5, 0.6) is 0 Å². The van der Waals surface area contributed by atoms with Crippen LogP contribution in [-0.2, 0) is 6.42 Å². The van der Waals surface area contributed by atoms with Crippen LogP contribution in [0.1, 0.15) is 24.3 Å². The monoisotopic (exact) mass is 245 g/mol. The lowest BCUT2D eigenvalue weighted by Crippen LogP contribution is -2.12. The fraction of sp³-hybridized carbons (Fsp3) is 0.462. The molecular formula is C13H15N3O2. The molecule has 0 amide bonds. The van der Waals surface area contributed by atoms with Crippen molar-refractivity contribution in [2.75, 3.05) is 0 Å². The summed E-state index contributed by atoms with van der Waals surface area (Å²) in [7, 11) is 0. The molecule has 5 nitrogen and oxygen atoms in total. The summed E-state index contributed by atoms with van der Waals surface area (Å²) in [6.45, 7) is 1.98. The smallest absolute Gasteiger partial charge is 0.229 e. The number of hydrogen-bond donors (Lipinski definition) is 1. The molecule has 1 unspecified atom stereocenters. The quantitative estimate of drug-likeness (QED) is 0.888. The Morgan fingerprint density at radius 1 is 1.50 bits per heavy atom. The summed E-state index contributed by atoms with van der Waals surface area (Å²) in [5, 5.41) is 13.8. The Labute approximate surface area is 105 Å². The SMILES string of the molecule is Cc1ccncc1-c1noc(CC(O)C2CC2)n1. The Kier molecular flexibility index (Phi) is 2.83. The van der Waals surface area contributed by atoms with Crippen molar-refractivity contribution in [3.8, 4) is 11.4 Å². The van der Waals surface area contributed by atoms with Crippen LogP contribution in [0.25, 0.3) is 11.4 Å². The van der Waals surface area contributed by atoms with E-state index in [-0.39, 0.29) is 6.10 Å². The summed E-state index contributed by atoms with van der Waals surface area (Å²) in [6.07, 6.45) is 5.75. The summed E-state index contributed by atoms with van der Waals surface area (Å²) < 4.78 is 5.17. The van der Waals surface area contributed by atoms with Gasteiger partial charge < -0.3 is 9.63 Å². The van der Waals surface area contributed by atoms with Gasteiger partial charge in [-0.1, -0.05) is 5.16 Å². The molecule has 3 rings (SSSR count). The molecule has 5 heteroatoms. The van der Waals surface area contributed by atoms with Crippen molar-refractivity contribution in [2.24, 2.45) is 5.92 Å². The van der Waals surface area contributed by atoms with E-state index < -0.39 is 0 Å². The van der Waals surface area contributed by atoms with Crippen LogP contribution >= 0.6 is 0 Å². The number of rotatable bonds is 4. The molecule has 2 heterocycles. The molecule has 0 saturated heterocycles. The van der Waals surface area contributed by atoms with Crippen LogP contribution in [0.4, 0.5) is 0 Å². The zero-order valence-electron chi connectivity index (χ0n) is 10.2.